The van der Waals surface area contributed by atoms with Gasteiger partial charge in [0.05, 0.1) is 13.2 Å². The van der Waals surface area contributed by atoms with E-state index in [-0.39, 0.29) is 0 Å². The van der Waals surface area contributed by atoms with Crippen LogP contribution in [0.1, 0.15) is 110 Å². The van der Waals surface area contributed by atoms with E-state index < -0.39 is 0 Å². The Bertz CT molecular complexity index is 565. The first-order valence-electron chi connectivity index (χ1n) is 13.6. The van der Waals surface area contributed by atoms with Crippen molar-refractivity contribution in [1.29, 1.82) is 0 Å². The molecule has 0 aliphatic heterocycles. The molecule has 2 nitrogen and oxygen atoms in total. The molecule has 0 bridgehead atoms. The zero-order valence-corrected chi connectivity index (χ0v) is 20.5. The highest BCUT2D eigenvalue weighted by molar-refractivity contribution is 5.31. The minimum Gasteiger partial charge on any atom is -0.494 e. The Kier molecular flexibility index (Phi) is 11.1. The molecule has 0 heterocycles. The molecule has 0 radical (unpaired) electrons. The number of hydrogen-bond donors (Lipinski definition) is 0. The molecular formula is C29H48O2. The van der Waals surface area contributed by atoms with Crippen molar-refractivity contribution in [1.82, 2.24) is 0 Å². The largest absolute Gasteiger partial charge is 0.494 e. The maximum Gasteiger partial charge on any atom is 0.119 e. The molecule has 31 heavy (non-hydrogen) atoms. The zero-order chi connectivity index (χ0) is 21.7. The summed E-state index contributed by atoms with van der Waals surface area (Å²) < 4.78 is 12.1. The summed E-state index contributed by atoms with van der Waals surface area (Å²) in [6.45, 7) is 6.41. The van der Waals surface area contributed by atoms with Gasteiger partial charge in [-0.05, 0) is 73.6 Å². The molecule has 0 atom stereocenters. The van der Waals surface area contributed by atoms with E-state index in [1.165, 1.54) is 96.3 Å². The molecule has 0 N–H and O–H groups in total. The van der Waals surface area contributed by atoms with Gasteiger partial charge in [0.1, 0.15) is 11.5 Å². The lowest BCUT2D eigenvalue weighted by Crippen LogP contribution is -2.20. The summed E-state index contributed by atoms with van der Waals surface area (Å²) in [7, 11) is 0. The molecule has 2 saturated carbocycles. The van der Waals surface area contributed by atoms with Crippen LogP contribution in [0.2, 0.25) is 0 Å². The average molecular weight is 429 g/mol. The van der Waals surface area contributed by atoms with Crippen LogP contribution < -0.4 is 9.47 Å². The van der Waals surface area contributed by atoms with Crippen LogP contribution in [-0.2, 0) is 0 Å². The number of rotatable bonds is 13. The van der Waals surface area contributed by atoms with Gasteiger partial charge in [0.2, 0.25) is 0 Å². The summed E-state index contributed by atoms with van der Waals surface area (Å²) in [5.74, 6) is 5.57. The van der Waals surface area contributed by atoms with E-state index in [1.54, 1.807) is 0 Å². The van der Waals surface area contributed by atoms with Crippen molar-refractivity contribution in [2.75, 3.05) is 13.2 Å². The molecule has 2 aliphatic rings. The number of benzene rings is 1. The van der Waals surface area contributed by atoms with E-state index in [2.05, 4.69) is 38.1 Å². The smallest absolute Gasteiger partial charge is 0.119 e. The van der Waals surface area contributed by atoms with Crippen molar-refractivity contribution >= 4 is 0 Å². The van der Waals surface area contributed by atoms with Gasteiger partial charge in [0.25, 0.3) is 0 Å². The first-order valence-corrected chi connectivity index (χ1v) is 13.6. The Morgan fingerprint density at radius 2 is 1.19 bits per heavy atom. The van der Waals surface area contributed by atoms with Crippen molar-refractivity contribution in [2.45, 2.75) is 110 Å². The standard InChI is InChI=1S/C29H48O2/c1-3-4-5-6-8-25-14-16-27(17-15-25)23-31-29-20-18-28(19-21-29)30-22-7-9-26-12-10-24(2)11-13-26/h18-21,24-27H,3-17,22-23H2,1-2H3. The minimum absolute atomic E-state index is 0.741. The van der Waals surface area contributed by atoms with E-state index in [0.717, 1.165) is 48.4 Å². The summed E-state index contributed by atoms with van der Waals surface area (Å²) in [4.78, 5) is 0. The quantitative estimate of drug-likeness (QED) is 0.292. The highest BCUT2D eigenvalue weighted by Crippen LogP contribution is 2.33. The molecule has 2 fully saturated rings. The first-order chi connectivity index (χ1) is 15.2. The lowest BCUT2D eigenvalue weighted by molar-refractivity contribution is 0.177. The Morgan fingerprint density at radius 3 is 1.84 bits per heavy atom. The minimum atomic E-state index is 0.741. The Labute approximate surface area is 192 Å². The molecule has 2 heteroatoms. The second-order valence-corrected chi connectivity index (χ2v) is 10.6. The van der Waals surface area contributed by atoms with Gasteiger partial charge in [0, 0.05) is 0 Å². The second kappa shape index (κ2) is 14.1. The lowest BCUT2D eigenvalue weighted by Gasteiger charge is -2.28. The lowest BCUT2D eigenvalue weighted by atomic mass is 9.80. The molecule has 0 spiro atoms. The highest BCUT2D eigenvalue weighted by atomic mass is 16.5. The predicted octanol–water partition coefficient (Wildman–Crippen LogP) is 8.83. The van der Waals surface area contributed by atoms with Gasteiger partial charge in [-0.3, -0.25) is 0 Å². The van der Waals surface area contributed by atoms with Gasteiger partial charge in [-0.25, -0.2) is 0 Å². The molecule has 0 amide bonds. The summed E-state index contributed by atoms with van der Waals surface area (Å²) in [5.41, 5.74) is 0. The van der Waals surface area contributed by atoms with E-state index >= 15 is 0 Å². The molecule has 0 aromatic heterocycles. The number of ether oxygens (including phenoxy) is 2. The Balaban J connectivity index is 1.24. The molecular weight excluding hydrogens is 380 g/mol. The zero-order valence-electron chi connectivity index (χ0n) is 20.5. The number of hydrogen-bond acceptors (Lipinski definition) is 2. The third kappa shape index (κ3) is 9.46. The molecule has 0 unspecified atom stereocenters. The predicted molar refractivity (Wildman–Crippen MR) is 132 cm³/mol. The van der Waals surface area contributed by atoms with Gasteiger partial charge in [-0.15, -0.1) is 0 Å². The SMILES string of the molecule is CCCCCCC1CCC(COc2ccc(OCCCC3CCC(C)CC3)cc2)CC1. The molecule has 1 aromatic carbocycles. The van der Waals surface area contributed by atoms with Crippen LogP contribution >= 0.6 is 0 Å². The normalized spacial score (nSPS) is 26.5. The van der Waals surface area contributed by atoms with Gasteiger partial charge in [-0.1, -0.05) is 84.5 Å². The molecule has 176 valence electrons. The van der Waals surface area contributed by atoms with Crippen LogP contribution in [0.15, 0.2) is 24.3 Å². The Morgan fingerprint density at radius 1 is 0.645 bits per heavy atom. The summed E-state index contributed by atoms with van der Waals surface area (Å²) in [6.07, 6.45) is 20.8. The van der Waals surface area contributed by atoms with Gasteiger partial charge in [0.15, 0.2) is 0 Å². The maximum absolute atomic E-state index is 6.11. The highest BCUT2D eigenvalue weighted by Gasteiger charge is 2.21. The topological polar surface area (TPSA) is 18.5 Å². The third-order valence-electron chi connectivity index (χ3n) is 7.90. The molecule has 1 aromatic rings. The molecule has 2 aliphatic carbocycles. The average Bonchev–Trinajstić information content (AvgIpc) is 2.81. The molecule has 3 rings (SSSR count). The Hall–Kier alpha value is -1.18. The second-order valence-electron chi connectivity index (χ2n) is 10.6. The first kappa shape index (κ1) is 24.5. The van der Waals surface area contributed by atoms with Crippen LogP contribution in [0.4, 0.5) is 0 Å². The fourth-order valence-electron chi connectivity index (χ4n) is 5.57. The van der Waals surface area contributed by atoms with Gasteiger partial charge < -0.3 is 9.47 Å². The van der Waals surface area contributed by atoms with E-state index in [1.807, 2.05) is 0 Å². The van der Waals surface area contributed by atoms with Crippen molar-refractivity contribution in [2.24, 2.45) is 23.7 Å². The van der Waals surface area contributed by atoms with Crippen molar-refractivity contribution < 1.29 is 9.47 Å². The van der Waals surface area contributed by atoms with Crippen molar-refractivity contribution in [3.63, 3.8) is 0 Å². The maximum atomic E-state index is 6.11. The van der Waals surface area contributed by atoms with E-state index in [4.69, 9.17) is 9.47 Å². The van der Waals surface area contributed by atoms with Crippen LogP contribution in [-0.4, -0.2) is 13.2 Å². The summed E-state index contributed by atoms with van der Waals surface area (Å²) in [5, 5.41) is 0. The number of unbranched alkanes of at least 4 members (excludes halogenated alkanes) is 3. The fourth-order valence-corrected chi connectivity index (χ4v) is 5.57. The monoisotopic (exact) mass is 428 g/mol. The van der Waals surface area contributed by atoms with Crippen molar-refractivity contribution in [3.05, 3.63) is 24.3 Å². The van der Waals surface area contributed by atoms with Crippen LogP contribution in [0.25, 0.3) is 0 Å². The van der Waals surface area contributed by atoms with Crippen LogP contribution in [0.3, 0.4) is 0 Å². The van der Waals surface area contributed by atoms with E-state index in [9.17, 15) is 0 Å². The third-order valence-corrected chi connectivity index (χ3v) is 7.90. The van der Waals surface area contributed by atoms with Crippen molar-refractivity contribution in [3.8, 4) is 11.5 Å². The van der Waals surface area contributed by atoms with Crippen LogP contribution in [0, 0.1) is 23.7 Å². The molecule has 0 saturated heterocycles. The summed E-state index contributed by atoms with van der Waals surface area (Å²) >= 11 is 0. The van der Waals surface area contributed by atoms with Gasteiger partial charge >= 0.3 is 0 Å². The fraction of sp³-hybridized carbons (Fsp3) is 0.793. The summed E-state index contributed by atoms with van der Waals surface area (Å²) in [6, 6.07) is 8.31. The van der Waals surface area contributed by atoms with E-state index in [0.29, 0.717) is 0 Å². The van der Waals surface area contributed by atoms with Crippen LogP contribution in [0.5, 0.6) is 11.5 Å². The van der Waals surface area contributed by atoms with Gasteiger partial charge in [-0.2, -0.15) is 0 Å².